The fourth-order valence-electron chi connectivity index (χ4n) is 8.98. The third kappa shape index (κ3) is 15.0. The lowest BCUT2D eigenvalue weighted by molar-refractivity contribution is -0.438. The minimum absolute atomic E-state index is 0.0753. The van der Waals surface area contributed by atoms with Gasteiger partial charge in [0.1, 0.15) is 6.54 Å². The maximum Gasteiger partial charge on any atom is 0.305 e. The lowest BCUT2D eigenvalue weighted by Crippen LogP contribution is -2.37. The van der Waals surface area contributed by atoms with Crippen molar-refractivity contribution in [2.75, 3.05) is 77.1 Å². The molecule has 16 nitrogen and oxygen atoms in total. The highest BCUT2D eigenvalue weighted by molar-refractivity contribution is 7.86. The Morgan fingerprint density at radius 3 is 2.19 bits per heavy atom. The van der Waals surface area contributed by atoms with Crippen LogP contribution in [0.1, 0.15) is 116 Å². The number of nitrogens with zero attached hydrogens (tertiary/aromatic N) is 5. The van der Waals surface area contributed by atoms with Crippen molar-refractivity contribution in [3.05, 3.63) is 71.5 Å². The summed E-state index contributed by atoms with van der Waals surface area (Å²) in [5.74, 6) is -0.339. The number of carbonyl (C=O) groups excluding carboxylic acids is 2. The summed E-state index contributed by atoms with van der Waals surface area (Å²) in [6.45, 7) is 18.1. The van der Waals surface area contributed by atoms with Crippen molar-refractivity contribution in [3.63, 3.8) is 0 Å². The van der Waals surface area contributed by atoms with Crippen LogP contribution in [0.2, 0.25) is 0 Å². The van der Waals surface area contributed by atoms with Crippen molar-refractivity contribution in [2.24, 2.45) is 9.98 Å². The molecule has 0 bridgehead atoms. The van der Waals surface area contributed by atoms with E-state index in [1.807, 2.05) is 52.8 Å². The molecule has 0 atom stereocenters. The van der Waals surface area contributed by atoms with Gasteiger partial charge in [-0.05, 0) is 108 Å². The number of nitrogens with one attached hydrogen (secondary N) is 1. The largest absolute Gasteiger partial charge is 0.466 e. The number of morpholine rings is 1. The zero-order valence-corrected chi connectivity index (χ0v) is 41.6. The lowest BCUT2D eigenvalue weighted by atomic mass is 9.81. The van der Waals surface area contributed by atoms with Gasteiger partial charge in [0.05, 0.1) is 47.6 Å². The predicted molar refractivity (Wildman–Crippen MR) is 260 cm³/mol. The Morgan fingerprint density at radius 1 is 0.836 bits per heavy atom. The molecule has 1 saturated heterocycles. The molecule has 3 aliphatic heterocycles. The average molecular weight is 968 g/mol. The molecule has 368 valence electrons. The summed E-state index contributed by atoms with van der Waals surface area (Å²) in [5, 5.41) is 2.91. The van der Waals surface area contributed by atoms with Gasteiger partial charge in [0.15, 0.2) is 5.71 Å². The summed E-state index contributed by atoms with van der Waals surface area (Å²) >= 11 is 0. The third-order valence-electron chi connectivity index (χ3n) is 12.7. The summed E-state index contributed by atoms with van der Waals surface area (Å²) in [7, 11) is -8.83. The summed E-state index contributed by atoms with van der Waals surface area (Å²) in [6, 6.07) is 12.1. The molecule has 0 saturated carbocycles. The molecule has 0 radical (unpaired) electrons. The zero-order valence-electron chi connectivity index (χ0n) is 40.0. The number of aliphatic imine (C=N–C) groups is 2. The Bertz CT molecular complexity index is 2430. The number of rotatable bonds is 26. The molecule has 3 aliphatic rings. The fourth-order valence-corrected chi connectivity index (χ4v) is 9.99. The first-order valence-electron chi connectivity index (χ1n) is 23.7. The van der Waals surface area contributed by atoms with Crippen LogP contribution in [0, 0.1) is 0 Å². The lowest BCUT2D eigenvalue weighted by Gasteiger charge is -2.25. The van der Waals surface area contributed by atoms with E-state index in [-0.39, 0.29) is 28.1 Å². The molecule has 5 rings (SSSR count). The molecule has 3 heterocycles. The first-order chi connectivity index (χ1) is 31.9. The second kappa shape index (κ2) is 24.6. The number of carbonyl (C=O) groups is 2. The number of esters is 1. The number of allylic oxidation sites excluding steroid dienone is 4. The first-order valence-corrected chi connectivity index (χ1v) is 26.6. The van der Waals surface area contributed by atoms with E-state index in [0.29, 0.717) is 52.0 Å². The van der Waals surface area contributed by atoms with E-state index < -0.39 is 31.1 Å². The van der Waals surface area contributed by atoms with Gasteiger partial charge in [-0.25, -0.2) is 9.98 Å². The van der Waals surface area contributed by atoms with Gasteiger partial charge in [-0.2, -0.15) is 21.4 Å². The molecule has 2 aromatic carbocycles. The van der Waals surface area contributed by atoms with Crippen LogP contribution in [0.25, 0.3) is 0 Å². The van der Waals surface area contributed by atoms with E-state index >= 15 is 0 Å². The van der Waals surface area contributed by atoms with Gasteiger partial charge in [0, 0.05) is 93.0 Å². The molecular formula is C49H71N6O10S2+. The van der Waals surface area contributed by atoms with E-state index in [1.165, 1.54) is 24.3 Å². The molecule has 67 heavy (non-hydrogen) atoms. The maximum absolute atomic E-state index is 12.6. The topological polar surface area (TPSA) is 208 Å². The molecule has 0 unspecified atom stereocenters. The minimum Gasteiger partial charge on any atom is -0.466 e. The Labute approximate surface area is 397 Å². The summed E-state index contributed by atoms with van der Waals surface area (Å²) in [4.78, 5) is 37.5. The summed E-state index contributed by atoms with van der Waals surface area (Å²) < 4.78 is 80.8. The highest BCUT2D eigenvalue weighted by Crippen LogP contribution is 2.48. The molecular weight excluding hydrogens is 897 g/mol. The van der Waals surface area contributed by atoms with Crippen LogP contribution in [0.15, 0.2) is 80.1 Å². The van der Waals surface area contributed by atoms with Crippen LogP contribution in [-0.2, 0) is 50.1 Å². The van der Waals surface area contributed by atoms with E-state index in [1.54, 1.807) is 12.1 Å². The Hall–Kier alpha value is -4.55. The van der Waals surface area contributed by atoms with E-state index in [2.05, 4.69) is 35.7 Å². The highest BCUT2D eigenvalue weighted by Gasteiger charge is 2.45. The Balaban J connectivity index is 1.04. The number of ether oxygens (including phenoxy) is 2. The Morgan fingerprint density at radius 2 is 1.49 bits per heavy atom. The summed E-state index contributed by atoms with van der Waals surface area (Å²) in [5.41, 5.74) is 3.85. The van der Waals surface area contributed by atoms with E-state index in [4.69, 9.17) is 9.47 Å². The number of hydrogen-bond acceptors (Lipinski definition) is 12. The van der Waals surface area contributed by atoms with E-state index in [9.17, 15) is 35.5 Å². The summed E-state index contributed by atoms with van der Waals surface area (Å²) in [6.07, 6.45) is 13.9. The molecule has 2 aromatic rings. The molecule has 0 spiro atoms. The number of amides is 1. The van der Waals surface area contributed by atoms with Crippen LogP contribution < -0.4 is 10.2 Å². The monoisotopic (exact) mass is 967 g/mol. The average Bonchev–Trinajstić information content (AvgIpc) is 3.63. The quantitative estimate of drug-likeness (QED) is 0.0280. The molecule has 3 N–H and O–H groups in total. The van der Waals surface area contributed by atoms with Gasteiger partial charge in [0.25, 0.3) is 20.2 Å². The molecule has 1 amide bonds. The van der Waals surface area contributed by atoms with Gasteiger partial charge in [-0.1, -0.05) is 26.3 Å². The van der Waals surface area contributed by atoms with Crippen LogP contribution in [0.4, 0.5) is 11.4 Å². The van der Waals surface area contributed by atoms with Crippen molar-refractivity contribution >= 4 is 55.2 Å². The fraction of sp³-hybridized carbons (Fsp3) is 0.592. The smallest absolute Gasteiger partial charge is 0.305 e. The number of unbranched alkanes of at least 4 members (excludes halogenated alkanes) is 5. The molecule has 0 aromatic heterocycles. The van der Waals surface area contributed by atoms with Gasteiger partial charge in [0.2, 0.25) is 11.6 Å². The molecule has 18 heteroatoms. The highest BCUT2D eigenvalue weighted by atomic mass is 32.2. The van der Waals surface area contributed by atoms with Crippen molar-refractivity contribution in [3.8, 4) is 0 Å². The van der Waals surface area contributed by atoms with Gasteiger partial charge < -0.3 is 19.7 Å². The van der Waals surface area contributed by atoms with Gasteiger partial charge in [-0.15, -0.1) is 0 Å². The number of likely N-dealkylation sites (N-methyl/N-ethyl adjacent to an activating group) is 1. The number of hydrogen-bond donors (Lipinski definition) is 3. The van der Waals surface area contributed by atoms with Crippen molar-refractivity contribution < 1.29 is 49.6 Å². The van der Waals surface area contributed by atoms with Crippen molar-refractivity contribution in [1.82, 2.24) is 10.2 Å². The first kappa shape index (κ1) is 53.4. The standard InChI is InChI=1S/C49H70N6O10S2/c1-6-54-42-23-21-38(66(58,59)60)35-40(42)48(2,3)44(54)17-14-18-45-49(4,5)41-36-39(67(61,62)63)22-24-43(41)55(45)29-12-9-10-19-46(56)52-27-15-20-47(57)65-32-13-8-7-11-25-50-37-51-26-16-28-53-30-33-64-34-31-53/h14,17-18,21-24,35-36H,6-13,15-16,19-20,25-34H2,1-5H3,(H2-,52,56,58,59,60,61,62,63)/p+1. The van der Waals surface area contributed by atoms with Crippen LogP contribution in [-0.4, -0.2) is 131 Å². The van der Waals surface area contributed by atoms with Crippen molar-refractivity contribution in [1.29, 1.82) is 0 Å². The van der Waals surface area contributed by atoms with Crippen LogP contribution in [0.3, 0.4) is 0 Å². The van der Waals surface area contributed by atoms with Crippen molar-refractivity contribution in [2.45, 2.75) is 126 Å². The van der Waals surface area contributed by atoms with Crippen LogP contribution >= 0.6 is 0 Å². The number of anilines is 1. The predicted octanol–water partition coefficient (Wildman–Crippen LogP) is 7.27. The normalized spacial score (nSPS) is 17.4. The SMILES string of the molecule is CCN1/C(=C\C=C\C2=[N+](CCCCCC(=O)NCCCC(=O)OCCCCCCN=C=NCCCN3CCOCC3)c3ccc(S(=O)(=O)O)cc3C2(C)C)C(C)(C)c2cc(S(=O)(=O)O)ccc21. The number of benzene rings is 2. The zero-order chi connectivity index (χ0) is 48.7. The van der Waals surface area contributed by atoms with Gasteiger partial charge >= 0.3 is 5.97 Å². The maximum atomic E-state index is 12.6. The second-order valence-corrected chi connectivity index (χ2v) is 21.2. The van der Waals surface area contributed by atoms with Crippen LogP contribution in [0.5, 0.6) is 0 Å². The molecule has 1 fully saturated rings. The minimum atomic E-state index is -4.44. The Kier molecular flexibility index (Phi) is 19.6. The van der Waals surface area contributed by atoms with E-state index in [0.717, 1.165) is 118 Å². The second-order valence-electron chi connectivity index (χ2n) is 18.3. The molecule has 0 aliphatic carbocycles. The number of fused-ring (bicyclic) bond motifs is 2. The third-order valence-corrected chi connectivity index (χ3v) is 14.4. The van der Waals surface area contributed by atoms with Gasteiger partial charge in [-0.3, -0.25) is 23.6 Å².